The highest BCUT2D eigenvalue weighted by molar-refractivity contribution is 7.71. The second-order valence-corrected chi connectivity index (χ2v) is 4.62. The summed E-state index contributed by atoms with van der Waals surface area (Å²) in [5.74, 6) is 0.599. The largest absolute Gasteiger partial charge is 0.252 e. The van der Waals surface area contributed by atoms with E-state index in [0.29, 0.717) is 21.3 Å². The summed E-state index contributed by atoms with van der Waals surface area (Å²) in [6.07, 6.45) is 0. The number of hydrogen-bond donors (Lipinski definition) is 1. The number of halogens is 1. The van der Waals surface area contributed by atoms with E-state index in [9.17, 15) is 0 Å². The lowest BCUT2D eigenvalue weighted by molar-refractivity contribution is 0.826. The number of nitrogens with one attached hydrogen (secondary N) is 1. The van der Waals surface area contributed by atoms with Crippen LogP contribution >= 0.6 is 23.8 Å². The fourth-order valence-corrected chi connectivity index (χ4v) is 1.94. The Balaban J connectivity index is 2.25. The maximum Gasteiger partial charge on any atom is 0.216 e. The van der Waals surface area contributed by atoms with Crippen molar-refractivity contribution < 1.29 is 0 Å². The molecule has 0 unspecified atom stereocenters. The highest BCUT2D eigenvalue weighted by Crippen LogP contribution is 2.19. The number of aromatic amines is 1. The van der Waals surface area contributed by atoms with Crippen LogP contribution in [-0.4, -0.2) is 24.8 Å². The van der Waals surface area contributed by atoms with Crippen molar-refractivity contribution >= 4 is 29.5 Å². The van der Waals surface area contributed by atoms with Gasteiger partial charge in [0.1, 0.15) is 5.69 Å². The van der Waals surface area contributed by atoms with Crippen LogP contribution in [0, 0.1) is 11.7 Å². The van der Waals surface area contributed by atoms with Crippen molar-refractivity contribution in [1.29, 1.82) is 0 Å². The first-order valence-corrected chi connectivity index (χ1v) is 6.02. The minimum Gasteiger partial charge on any atom is -0.252 e. The summed E-state index contributed by atoms with van der Waals surface area (Å²) in [5.41, 5.74) is 2.29. The molecule has 0 saturated heterocycles. The normalized spacial score (nSPS) is 11.0. The molecule has 5 nitrogen and oxygen atoms in total. The number of hydrogen-bond acceptors (Lipinski definition) is 4. The molecule has 2 aromatic heterocycles. The Morgan fingerprint density at radius 3 is 2.67 bits per heavy atom. The Labute approximate surface area is 112 Å². The molecule has 0 aliphatic heterocycles. The van der Waals surface area contributed by atoms with Crippen LogP contribution in [0.1, 0.15) is 5.69 Å². The number of benzene rings is 1. The molecule has 3 rings (SSSR count). The summed E-state index contributed by atoms with van der Waals surface area (Å²) in [7, 11) is 0. The Morgan fingerprint density at radius 1 is 1.28 bits per heavy atom. The molecular formula is C11H8ClN5S. The van der Waals surface area contributed by atoms with Crippen molar-refractivity contribution in [3.05, 3.63) is 39.8 Å². The van der Waals surface area contributed by atoms with E-state index in [1.54, 1.807) is 16.6 Å². The summed E-state index contributed by atoms with van der Waals surface area (Å²) in [6, 6.07) is 7.34. The molecule has 3 aromatic rings. The summed E-state index contributed by atoms with van der Waals surface area (Å²) >= 11 is 11.0. The third kappa shape index (κ3) is 1.79. The number of rotatable bonds is 1. The van der Waals surface area contributed by atoms with Crippen molar-refractivity contribution in [2.45, 2.75) is 6.92 Å². The standard InChI is InChI=1S/C11H8ClN5S/c1-6-10-13-9(7-2-4-8(12)5-3-7)16-17(10)11(18)15-14-6/h2-5H,1H3,(H,15,18). The van der Waals surface area contributed by atoms with Crippen LogP contribution in [-0.2, 0) is 0 Å². The molecule has 0 atom stereocenters. The maximum atomic E-state index is 5.85. The van der Waals surface area contributed by atoms with Crippen LogP contribution in [0.2, 0.25) is 5.02 Å². The average Bonchev–Trinajstić information content (AvgIpc) is 2.81. The van der Waals surface area contributed by atoms with E-state index in [2.05, 4.69) is 20.3 Å². The van der Waals surface area contributed by atoms with Crippen LogP contribution in [0.4, 0.5) is 0 Å². The van der Waals surface area contributed by atoms with Crippen LogP contribution in [0.5, 0.6) is 0 Å². The smallest absolute Gasteiger partial charge is 0.216 e. The predicted octanol–water partition coefficient (Wildman–Crippen LogP) is 2.81. The van der Waals surface area contributed by atoms with Gasteiger partial charge in [0, 0.05) is 10.6 Å². The van der Waals surface area contributed by atoms with Gasteiger partial charge in [-0.2, -0.15) is 9.61 Å². The molecule has 0 aliphatic rings. The van der Waals surface area contributed by atoms with E-state index in [1.807, 2.05) is 19.1 Å². The topological polar surface area (TPSA) is 58.9 Å². The third-order valence-electron chi connectivity index (χ3n) is 2.54. The molecule has 0 saturated carbocycles. The molecule has 0 amide bonds. The van der Waals surface area contributed by atoms with E-state index in [0.717, 1.165) is 11.3 Å². The Kier molecular flexibility index (Phi) is 2.61. The monoisotopic (exact) mass is 277 g/mol. The molecule has 18 heavy (non-hydrogen) atoms. The van der Waals surface area contributed by atoms with E-state index < -0.39 is 0 Å². The molecule has 0 aliphatic carbocycles. The molecule has 0 spiro atoms. The zero-order chi connectivity index (χ0) is 12.7. The zero-order valence-electron chi connectivity index (χ0n) is 9.38. The number of aryl methyl sites for hydroxylation is 1. The Bertz CT molecular complexity index is 774. The highest BCUT2D eigenvalue weighted by atomic mass is 35.5. The lowest BCUT2D eigenvalue weighted by atomic mass is 10.2. The van der Waals surface area contributed by atoms with Crippen LogP contribution in [0.15, 0.2) is 24.3 Å². The van der Waals surface area contributed by atoms with Crippen molar-refractivity contribution in [1.82, 2.24) is 24.8 Å². The van der Waals surface area contributed by atoms with E-state index in [4.69, 9.17) is 23.8 Å². The molecular weight excluding hydrogens is 270 g/mol. The molecule has 2 heterocycles. The van der Waals surface area contributed by atoms with Crippen LogP contribution in [0.3, 0.4) is 0 Å². The first kappa shape index (κ1) is 11.3. The van der Waals surface area contributed by atoms with Gasteiger partial charge in [0.15, 0.2) is 11.5 Å². The minimum absolute atomic E-state index is 0.420. The SMILES string of the molecule is Cc1n[nH]c(=S)n2nc(-c3ccc(Cl)cc3)nc12. The van der Waals surface area contributed by atoms with Crippen molar-refractivity contribution in [2.75, 3.05) is 0 Å². The molecule has 90 valence electrons. The minimum atomic E-state index is 0.420. The zero-order valence-corrected chi connectivity index (χ0v) is 11.0. The van der Waals surface area contributed by atoms with Crippen molar-refractivity contribution in [3.63, 3.8) is 0 Å². The number of fused-ring (bicyclic) bond motifs is 1. The quantitative estimate of drug-likeness (QED) is 0.695. The molecule has 7 heteroatoms. The molecule has 1 N–H and O–H groups in total. The van der Waals surface area contributed by atoms with Crippen molar-refractivity contribution in [3.8, 4) is 11.4 Å². The van der Waals surface area contributed by atoms with Gasteiger partial charge in [0.2, 0.25) is 4.77 Å². The van der Waals surface area contributed by atoms with Gasteiger partial charge in [-0.3, -0.25) is 5.10 Å². The first-order valence-electron chi connectivity index (χ1n) is 5.23. The predicted molar refractivity (Wildman–Crippen MR) is 71.1 cm³/mol. The Morgan fingerprint density at radius 2 is 2.00 bits per heavy atom. The number of H-pyrrole nitrogens is 1. The van der Waals surface area contributed by atoms with Gasteiger partial charge in [0.05, 0.1) is 0 Å². The van der Waals surface area contributed by atoms with E-state index in [1.165, 1.54) is 0 Å². The summed E-state index contributed by atoms with van der Waals surface area (Å²) in [4.78, 5) is 4.43. The number of nitrogens with zero attached hydrogens (tertiary/aromatic N) is 4. The van der Waals surface area contributed by atoms with Gasteiger partial charge in [-0.1, -0.05) is 11.6 Å². The first-order chi connectivity index (χ1) is 8.65. The van der Waals surface area contributed by atoms with Gasteiger partial charge >= 0.3 is 0 Å². The fourth-order valence-electron chi connectivity index (χ4n) is 1.64. The lowest BCUT2D eigenvalue weighted by Gasteiger charge is -1.93. The molecule has 0 fully saturated rings. The van der Waals surface area contributed by atoms with Gasteiger partial charge in [-0.15, -0.1) is 5.10 Å². The average molecular weight is 278 g/mol. The lowest BCUT2D eigenvalue weighted by Crippen LogP contribution is -1.98. The van der Waals surface area contributed by atoms with Gasteiger partial charge in [-0.05, 0) is 43.4 Å². The van der Waals surface area contributed by atoms with Crippen LogP contribution < -0.4 is 0 Å². The molecule has 0 radical (unpaired) electrons. The van der Waals surface area contributed by atoms with E-state index >= 15 is 0 Å². The summed E-state index contributed by atoms with van der Waals surface area (Å²) < 4.78 is 1.99. The maximum absolute atomic E-state index is 5.85. The van der Waals surface area contributed by atoms with Gasteiger partial charge < -0.3 is 0 Å². The highest BCUT2D eigenvalue weighted by Gasteiger charge is 2.09. The summed E-state index contributed by atoms with van der Waals surface area (Å²) in [5, 5.41) is 11.8. The Hall–Kier alpha value is -1.79. The van der Waals surface area contributed by atoms with Crippen molar-refractivity contribution in [2.24, 2.45) is 0 Å². The summed E-state index contributed by atoms with van der Waals surface area (Å²) in [6.45, 7) is 1.85. The molecule has 0 bridgehead atoms. The number of aromatic nitrogens is 5. The fraction of sp³-hybridized carbons (Fsp3) is 0.0909. The second kappa shape index (κ2) is 4.15. The molecule has 1 aromatic carbocycles. The van der Waals surface area contributed by atoms with Crippen LogP contribution in [0.25, 0.3) is 17.0 Å². The second-order valence-electron chi connectivity index (χ2n) is 3.79. The third-order valence-corrected chi connectivity index (χ3v) is 3.06. The van der Waals surface area contributed by atoms with E-state index in [-0.39, 0.29) is 0 Å². The van der Waals surface area contributed by atoms with Gasteiger partial charge in [0.25, 0.3) is 0 Å². The van der Waals surface area contributed by atoms with Gasteiger partial charge in [-0.25, -0.2) is 4.98 Å².